The fraction of sp³-hybridized carbons (Fsp3) is 0.333. The molecule has 3 nitrogen and oxygen atoms in total. The van der Waals surface area contributed by atoms with Crippen LogP contribution in [-0.4, -0.2) is 10.1 Å². The molecule has 0 N–H and O–H groups in total. The van der Waals surface area contributed by atoms with Gasteiger partial charge in [-0.2, -0.15) is 4.98 Å². The monoisotopic (exact) mass is 204 g/mol. The number of hydrogen-bond acceptors (Lipinski definition) is 3. The van der Waals surface area contributed by atoms with E-state index in [0.717, 1.165) is 5.56 Å². The molecular formula is C12H16N2O. The molecule has 2 aromatic rings. The van der Waals surface area contributed by atoms with E-state index in [1.54, 1.807) is 0 Å². The van der Waals surface area contributed by atoms with E-state index in [9.17, 15) is 0 Å². The van der Waals surface area contributed by atoms with Gasteiger partial charge in [-0.05, 0) is 6.92 Å². The van der Waals surface area contributed by atoms with Crippen molar-refractivity contribution in [1.29, 1.82) is 0 Å². The standard InChI is InChI=1S/C9H8N2O.C3H8/c1-7-2-4-8(5-3-7)9-10-6-12-11-9;1-3-2/h2-6H,1H3;3H2,1-2H3. The minimum Gasteiger partial charge on any atom is -0.342 e. The van der Waals surface area contributed by atoms with Gasteiger partial charge in [0.1, 0.15) is 0 Å². The topological polar surface area (TPSA) is 38.9 Å². The maximum Gasteiger partial charge on any atom is 0.214 e. The van der Waals surface area contributed by atoms with Crippen LogP contribution in [0.25, 0.3) is 11.4 Å². The summed E-state index contributed by atoms with van der Waals surface area (Å²) in [6.45, 7) is 6.29. The molecular weight excluding hydrogens is 188 g/mol. The summed E-state index contributed by atoms with van der Waals surface area (Å²) in [6, 6.07) is 7.98. The van der Waals surface area contributed by atoms with E-state index in [2.05, 4.69) is 28.5 Å². The van der Waals surface area contributed by atoms with E-state index < -0.39 is 0 Å². The van der Waals surface area contributed by atoms with Crippen LogP contribution in [0.2, 0.25) is 0 Å². The Morgan fingerprint density at radius 2 is 1.73 bits per heavy atom. The van der Waals surface area contributed by atoms with Crippen molar-refractivity contribution in [3.63, 3.8) is 0 Å². The Morgan fingerprint density at radius 1 is 1.13 bits per heavy atom. The quantitative estimate of drug-likeness (QED) is 0.714. The van der Waals surface area contributed by atoms with Crippen LogP contribution in [0.1, 0.15) is 25.8 Å². The van der Waals surface area contributed by atoms with Crippen molar-refractivity contribution in [3.05, 3.63) is 36.2 Å². The van der Waals surface area contributed by atoms with Crippen molar-refractivity contribution in [3.8, 4) is 11.4 Å². The van der Waals surface area contributed by atoms with E-state index in [1.807, 2.05) is 31.2 Å². The van der Waals surface area contributed by atoms with Gasteiger partial charge in [0.15, 0.2) is 0 Å². The first kappa shape index (κ1) is 11.4. The second-order valence-electron chi connectivity index (χ2n) is 3.33. The Morgan fingerprint density at radius 3 is 2.20 bits per heavy atom. The Kier molecular flexibility index (Phi) is 4.54. The third-order valence-corrected chi connectivity index (χ3v) is 1.67. The molecule has 15 heavy (non-hydrogen) atoms. The maximum absolute atomic E-state index is 4.64. The number of nitrogens with zero attached hydrogens (tertiary/aromatic N) is 2. The van der Waals surface area contributed by atoms with Gasteiger partial charge >= 0.3 is 0 Å². The summed E-state index contributed by atoms with van der Waals surface area (Å²) in [5.41, 5.74) is 2.21. The molecule has 0 unspecified atom stereocenters. The van der Waals surface area contributed by atoms with Gasteiger partial charge < -0.3 is 4.52 Å². The third-order valence-electron chi connectivity index (χ3n) is 1.67. The van der Waals surface area contributed by atoms with E-state index >= 15 is 0 Å². The molecule has 3 heteroatoms. The second-order valence-corrected chi connectivity index (χ2v) is 3.33. The Bertz CT molecular complexity index is 365. The average Bonchev–Trinajstić information content (AvgIpc) is 2.73. The zero-order chi connectivity index (χ0) is 11.1. The van der Waals surface area contributed by atoms with Crippen molar-refractivity contribution in [2.24, 2.45) is 0 Å². The summed E-state index contributed by atoms with van der Waals surface area (Å²) in [5.74, 6) is 0.634. The molecule has 0 aliphatic rings. The highest BCUT2D eigenvalue weighted by Gasteiger charge is 2.00. The number of rotatable bonds is 1. The van der Waals surface area contributed by atoms with Gasteiger partial charge in [-0.1, -0.05) is 55.3 Å². The van der Waals surface area contributed by atoms with Gasteiger partial charge in [-0.25, -0.2) is 0 Å². The smallest absolute Gasteiger partial charge is 0.214 e. The average molecular weight is 204 g/mol. The summed E-state index contributed by atoms with van der Waals surface area (Å²) in [7, 11) is 0. The first-order valence-electron chi connectivity index (χ1n) is 5.11. The van der Waals surface area contributed by atoms with Crippen molar-refractivity contribution >= 4 is 0 Å². The van der Waals surface area contributed by atoms with Gasteiger partial charge in [-0.3, -0.25) is 0 Å². The van der Waals surface area contributed by atoms with Gasteiger partial charge in [0.05, 0.1) is 0 Å². The van der Waals surface area contributed by atoms with Gasteiger partial charge in [0, 0.05) is 5.56 Å². The van der Waals surface area contributed by atoms with E-state index in [-0.39, 0.29) is 0 Å². The molecule has 0 saturated heterocycles. The van der Waals surface area contributed by atoms with E-state index in [4.69, 9.17) is 0 Å². The molecule has 1 aromatic heterocycles. The lowest BCUT2D eigenvalue weighted by atomic mass is 10.1. The molecule has 80 valence electrons. The maximum atomic E-state index is 4.64. The summed E-state index contributed by atoms with van der Waals surface area (Å²) in [6.07, 6.45) is 2.58. The lowest BCUT2D eigenvalue weighted by Crippen LogP contribution is -1.79. The zero-order valence-corrected chi connectivity index (χ0v) is 9.40. The van der Waals surface area contributed by atoms with Crippen LogP contribution in [0.3, 0.4) is 0 Å². The fourth-order valence-corrected chi connectivity index (χ4v) is 1.00. The van der Waals surface area contributed by atoms with Gasteiger partial charge in [-0.15, -0.1) is 0 Å². The fourth-order valence-electron chi connectivity index (χ4n) is 1.00. The third kappa shape index (κ3) is 3.54. The van der Waals surface area contributed by atoms with E-state index in [0.29, 0.717) is 5.82 Å². The lowest BCUT2D eigenvalue weighted by molar-refractivity contribution is 0.419. The number of aryl methyl sites for hydroxylation is 1. The molecule has 0 fully saturated rings. The molecule has 0 aliphatic carbocycles. The molecule has 0 saturated carbocycles. The summed E-state index contributed by atoms with van der Waals surface area (Å²) in [4.78, 5) is 3.94. The summed E-state index contributed by atoms with van der Waals surface area (Å²) in [5, 5.41) is 3.73. The van der Waals surface area contributed by atoms with Crippen molar-refractivity contribution in [2.45, 2.75) is 27.2 Å². The Labute approximate surface area is 90.1 Å². The van der Waals surface area contributed by atoms with E-state index in [1.165, 1.54) is 18.4 Å². The van der Waals surface area contributed by atoms with Gasteiger partial charge in [0.2, 0.25) is 12.2 Å². The van der Waals surface area contributed by atoms with Gasteiger partial charge in [0.25, 0.3) is 0 Å². The van der Waals surface area contributed by atoms with Crippen LogP contribution in [0, 0.1) is 6.92 Å². The molecule has 0 bridgehead atoms. The predicted molar refractivity (Wildman–Crippen MR) is 60.4 cm³/mol. The van der Waals surface area contributed by atoms with Crippen LogP contribution in [0.15, 0.2) is 35.2 Å². The molecule has 0 spiro atoms. The highest BCUT2D eigenvalue weighted by atomic mass is 16.5. The molecule has 0 amide bonds. The van der Waals surface area contributed by atoms with Crippen LogP contribution < -0.4 is 0 Å². The summed E-state index contributed by atoms with van der Waals surface area (Å²) >= 11 is 0. The normalized spacial score (nSPS) is 9.27. The second kappa shape index (κ2) is 5.96. The summed E-state index contributed by atoms with van der Waals surface area (Å²) < 4.78 is 4.64. The Balaban J connectivity index is 0.000000337. The highest BCUT2D eigenvalue weighted by Crippen LogP contribution is 2.14. The van der Waals surface area contributed by atoms with Crippen molar-refractivity contribution in [1.82, 2.24) is 10.1 Å². The Hall–Kier alpha value is -1.64. The van der Waals surface area contributed by atoms with Crippen LogP contribution >= 0.6 is 0 Å². The first-order valence-corrected chi connectivity index (χ1v) is 5.11. The van der Waals surface area contributed by atoms with Crippen LogP contribution in [0.5, 0.6) is 0 Å². The van der Waals surface area contributed by atoms with Crippen molar-refractivity contribution < 1.29 is 4.52 Å². The SMILES string of the molecule is CCC.Cc1ccc(-c2ncon2)cc1. The van der Waals surface area contributed by atoms with Crippen molar-refractivity contribution in [2.75, 3.05) is 0 Å². The number of benzene rings is 1. The first-order chi connectivity index (χ1) is 7.27. The molecule has 1 heterocycles. The minimum atomic E-state index is 0.634. The highest BCUT2D eigenvalue weighted by molar-refractivity contribution is 5.54. The molecule has 0 radical (unpaired) electrons. The van der Waals surface area contributed by atoms with Crippen LogP contribution in [0.4, 0.5) is 0 Å². The lowest BCUT2D eigenvalue weighted by Gasteiger charge is -1.93. The number of hydrogen-bond donors (Lipinski definition) is 0. The molecule has 0 atom stereocenters. The van der Waals surface area contributed by atoms with Crippen LogP contribution in [-0.2, 0) is 0 Å². The number of aromatic nitrogens is 2. The predicted octanol–water partition coefficient (Wildman–Crippen LogP) is 3.46. The zero-order valence-electron chi connectivity index (χ0n) is 9.40. The molecule has 2 rings (SSSR count). The molecule has 0 aliphatic heterocycles. The minimum absolute atomic E-state index is 0.634. The largest absolute Gasteiger partial charge is 0.342 e. The molecule has 1 aromatic carbocycles.